The summed E-state index contributed by atoms with van der Waals surface area (Å²) in [4.78, 5) is 41.6. The van der Waals surface area contributed by atoms with Gasteiger partial charge in [0.2, 0.25) is 0 Å². The Bertz CT molecular complexity index is 1500. The third-order valence-electron chi connectivity index (χ3n) is 7.82. The number of hydrogen-bond donors (Lipinski definition) is 2. The molecule has 43 heavy (non-hydrogen) atoms. The number of rotatable bonds is 8. The van der Waals surface area contributed by atoms with E-state index in [1.807, 2.05) is 70.2 Å². The molecule has 0 radical (unpaired) electrons. The molecular weight excluding hydrogens is 554 g/mol. The zero-order valence-corrected chi connectivity index (χ0v) is 25.0. The predicted molar refractivity (Wildman–Crippen MR) is 159 cm³/mol. The van der Waals surface area contributed by atoms with Gasteiger partial charge in [-0.25, -0.2) is 9.59 Å². The van der Waals surface area contributed by atoms with Gasteiger partial charge in [0.1, 0.15) is 29.5 Å². The minimum atomic E-state index is -1.10. The number of benzene rings is 2. The summed E-state index contributed by atoms with van der Waals surface area (Å²) in [6.07, 6.45) is 0.954. The first-order chi connectivity index (χ1) is 20.4. The third kappa shape index (κ3) is 7.08. The molecule has 2 aliphatic heterocycles. The maximum atomic E-state index is 12.7. The second-order valence-electron chi connectivity index (χ2n) is 12.3. The zero-order valence-electron chi connectivity index (χ0n) is 25.0. The summed E-state index contributed by atoms with van der Waals surface area (Å²) in [6, 6.07) is 11.9. The predicted octanol–water partition coefficient (Wildman–Crippen LogP) is 3.25. The number of aromatic nitrogens is 2. The number of amides is 1. The van der Waals surface area contributed by atoms with E-state index in [1.54, 1.807) is 20.8 Å². The van der Waals surface area contributed by atoms with Gasteiger partial charge in [-0.15, -0.1) is 0 Å². The van der Waals surface area contributed by atoms with Crippen LogP contribution >= 0.6 is 0 Å². The summed E-state index contributed by atoms with van der Waals surface area (Å²) in [6.45, 7) is 8.47. The Balaban J connectivity index is 1.30. The van der Waals surface area contributed by atoms with Crippen LogP contribution in [0.2, 0.25) is 0 Å². The number of carboxylic acids is 2. The molecule has 5 rings (SSSR count). The van der Waals surface area contributed by atoms with Gasteiger partial charge in [0.05, 0.1) is 18.6 Å². The topological polar surface area (TPSA) is 138 Å². The normalized spacial score (nSPS) is 21.7. The number of fused-ring (bicyclic) bond motifs is 1. The average molecular weight is 594 g/mol. The van der Waals surface area contributed by atoms with E-state index < -0.39 is 41.8 Å². The number of hydrogen-bond acceptors (Lipinski definition) is 8. The minimum Gasteiger partial charge on any atom is -0.488 e. The van der Waals surface area contributed by atoms with E-state index in [9.17, 15) is 24.6 Å². The van der Waals surface area contributed by atoms with Gasteiger partial charge in [-0.05, 0) is 57.1 Å². The van der Waals surface area contributed by atoms with Gasteiger partial charge in [0.25, 0.3) is 0 Å². The molecule has 3 heterocycles. The molecule has 1 unspecified atom stereocenters. The summed E-state index contributed by atoms with van der Waals surface area (Å²) < 4.78 is 13.5. The van der Waals surface area contributed by atoms with Gasteiger partial charge in [0.15, 0.2) is 0 Å². The molecule has 2 aliphatic rings. The van der Waals surface area contributed by atoms with Crippen LogP contribution in [0.25, 0.3) is 22.0 Å². The Morgan fingerprint density at radius 3 is 2.44 bits per heavy atom. The van der Waals surface area contributed by atoms with Crippen molar-refractivity contribution in [1.29, 1.82) is 0 Å². The molecule has 0 saturated carbocycles. The Kier molecular flexibility index (Phi) is 8.61. The van der Waals surface area contributed by atoms with Crippen LogP contribution in [0, 0.1) is 0 Å². The number of piperazine rings is 1. The Labute approximate surface area is 250 Å². The highest BCUT2D eigenvalue weighted by Crippen LogP contribution is 2.32. The van der Waals surface area contributed by atoms with E-state index in [0.717, 1.165) is 28.6 Å². The molecule has 1 aromatic heterocycles. The van der Waals surface area contributed by atoms with Gasteiger partial charge in [-0.1, -0.05) is 24.3 Å². The third-order valence-corrected chi connectivity index (χ3v) is 7.82. The number of likely N-dealkylation sites (N-methyl/N-ethyl adjacent to an activating group) is 1. The van der Waals surface area contributed by atoms with Crippen LogP contribution in [-0.2, 0) is 20.9 Å². The summed E-state index contributed by atoms with van der Waals surface area (Å²) in [5.74, 6) is -1.34. The molecule has 3 aromatic rings. The fraction of sp³-hybridized carbons (Fsp3) is 0.484. The molecule has 0 spiro atoms. The van der Waals surface area contributed by atoms with Crippen molar-refractivity contribution >= 4 is 28.9 Å². The molecule has 12 heteroatoms. The molecule has 2 aromatic carbocycles. The van der Waals surface area contributed by atoms with Gasteiger partial charge < -0.3 is 24.6 Å². The first-order valence-electron chi connectivity index (χ1n) is 14.5. The molecule has 2 N–H and O–H groups in total. The number of carbonyl (C=O) groups is 3. The van der Waals surface area contributed by atoms with Crippen LogP contribution < -0.4 is 4.74 Å². The number of carbonyl (C=O) groups excluding carboxylic acids is 1. The Morgan fingerprint density at radius 1 is 0.977 bits per heavy atom. The lowest BCUT2D eigenvalue weighted by atomic mass is 10.0. The molecule has 3 atom stereocenters. The van der Waals surface area contributed by atoms with Crippen LogP contribution in [0.5, 0.6) is 5.75 Å². The molecule has 0 aliphatic carbocycles. The van der Waals surface area contributed by atoms with E-state index in [0.29, 0.717) is 31.9 Å². The average Bonchev–Trinajstić information content (AvgIpc) is 3.56. The zero-order chi connectivity index (χ0) is 30.9. The van der Waals surface area contributed by atoms with Gasteiger partial charge in [-0.2, -0.15) is 5.10 Å². The van der Waals surface area contributed by atoms with Crippen LogP contribution in [0.4, 0.5) is 4.79 Å². The summed E-state index contributed by atoms with van der Waals surface area (Å²) in [7, 11) is 1.94. The van der Waals surface area contributed by atoms with Crippen molar-refractivity contribution in [3.63, 3.8) is 0 Å². The van der Waals surface area contributed by atoms with E-state index in [1.165, 1.54) is 4.90 Å². The van der Waals surface area contributed by atoms with Crippen molar-refractivity contribution in [2.75, 3.05) is 39.8 Å². The van der Waals surface area contributed by atoms with Crippen molar-refractivity contribution < 1.29 is 34.1 Å². The van der Waals surface area contributed by atoms with Crippen molar-refractivity contribution in [1.82, 2.24) is 24.5 Å². The first kappa shape index (κ1) is 30.3. The summed E-state index contributed by atoms with van der Waals surface area (Å²) in [5, 5.41) is 25.1. The van der Waals surface area contributed by atoms with Crippen LogP contribution in [-0.4, -0.2) is 116 Å². The standard InChI is InChI=1S/C31H39N5O7/c1-31(2,3)43-30(41)36-17-22(16-26(36)28(37)38)42-21-8-5-7-20(15-21)23-9-6-10-25-24(23)18-35(32-25)14-13-34-12-11-33(4)19-27(34)29(39)40/h5-10,15,18,22,26-27H,11-14,16-17,19H2,1-4H3,(H,37,38)(H,39,40)/t22-,26-,27?/m0/s1. The van der Waals surface area contributed by atoms with Gasteiger partial charge in [-0.3, -0.25) is 19.3 Å². The monoisotopic (exact) mass is 593 g/mol. The smallest absolute Gasteiger partial charge is 0.411 e. The molecule has 2 saturated heterocycles. The molecule has 12 nitrogen and oxygen atoms in total. The quantitative estimate of drug-likeness (QED) is 0.400. The lowest BCUT2D eigenvalue weighted by molar-refractivity contribution is -0.145. The van der Waals surface area contributed by atoms with Gasteiger partial charge >= 0.3 is 18.0 Å². The maximum Gasteiger partial charge on any atom is 0.411 e. The number of aliphatic carboxylic acids is 2. The van der Waals surface area contributed by atoms with Crippen LogP contribution in [0.3, 0.4) is 0 Å². The summed E-state index contributed by atoms with van der Waals surface area (Å²) in [5.41, 5.74) is 1.95. The highest BCUT2D eigenvalue weighted by atomic mass is 16.6. The summed E-state index contributed by atoms with van der Waals surface area (Å²) >= 11 is 0. The van der Waals surface area contributed by atoms with Crippen molar-refractivity contribution in [2.45, 2.75) is 57.5 Å². The van der Waals surface area contributed by atoms with Crippen LogP contribution in [0.1, 0.15) is 27.2 Å². The second-order valence-corrected chi connectivity index (χ2v) is 12.3. The SMILES string of the molecule is CN1CCN(CCn2cc3c(-c4cccc(O[C@H]5C[C@@H](C(=O)O)N(C(=O)OC(C)(C)C)C5)c4)cccc3n2)C(C(=O)O)C1. The van der Waals surface area contributed by atoms with Crippen molar-refractivity contribution in [3.05, 3.63) is 48.7 Å². The first-order valence-corrected chi connectivity index (χ1v) is 14.5. The lowest BCUT2D eigenvalue weighted by Crippen LogP contribution is -2.55. The molecular formula is C31H39N5O7. The second kappa shape index (κ2) is 12.2. The number of nitrogens with zero attached hydrogens (tertiary/aromatic N) is 5. The highest BCUT2D eigenvalue weighted by Gasteiger charge is 2.42. The number of ether oxygens (including phenoxy) is 2. The highest BCUT2D eigenvalue weighted by molar-refractivity contribution is 5.94. The van der Waals surface area contributed by atoms with E-state index in [-0.39, 0.29) is 13.0 Å². The van der Waals surface area contributed by atoms with E-state index in [4.69, 9.17) is 14.6 Å². The molecule has 230 valence electrons. The van der Waals surface area contributed by atoms with Crippen molar-refractivity contribution in [2.24, 2.45) is 0 Å². The minimum absolute atomic E-state index is 0.106. The molecule has 1 amide bonds. The molecule has 2 fully saturated rings. The fourth-order valence-corrected chi connectivity index (χ4v) is 5.72. The van der Waals surface area contributed by atoms with Crippen molar-refractivity contribution in [3.8, 4) is 16.9 Å². The van der Waals surface area contributed by atoms with E-state index >= 15 is 0 Å². The van der Waals surface area contributed by atoms with Gasteiger partial charge in [0, 0.05) is 44.2 Å². The largest absolute Gasteiger partial charge is 0.488 e. The maximum absolute atomic E-state index is 12.7. The Hall–Kier alpha value is -4.16. The fourth-order valence-electron chi connectivity index (χ4n) is 5.72. The lowest BCUT2D eigenvalue weighted by Gasteiger charge is -2.37. The Morgan fingerprint density at radius 2 is 1.72 bits per heavy atom. The van der Waals surface area contributed by atoms with E-state index in [2.05, 4.69) is 0 Å². The number of likely N-dealkylation sites (tertiary alicyclic amines) is 1. The number of carboxylic acid groups (broad SMARTS) is 2. The molecule has 0 bridgehead atoms. The van der Waals surface area contributed by atoms with Crippen LogP contribution in [0.15, 0.2) is 48.7 Å².